The molecule has 1 fully saturated rings. The van der Waals surface area contributed by atoms with Gasteiger partial charge >= 0.3 is 6.03 Å². The molecule has 2 amide bonds. The molecule has 1 aromatic rings. The van der Waals surface area contributed by atoms with Gasteiger partial charge in [0.2, 0.25) is 0 Å². The van der Waals surface area contributed by atoms with E-state index in [4.69, 9.17) is 0 Å². The standard InChI is InChI=1S/C14H20N2O2/c1-18-16-14(17)15-13-9-5-8-12(13)10-11-6-3-2-4-7-11/h2-4,6-7,12-13H,5,8-10H2,1H3,(H2,15,16,17). The third kappa shape index (κ3) is 3.47. The van der Waals surface area contributed by atoms with Gasteiger partial charge in [0.25, 0.3) is 0 Å². The topological polar surface area (TPSA) is 50.4 Å². The lowest BCUT2D eigenvalue weighted by Gasteiger charge is -2.21. The van der Waals surface area contributed by atoms with E-state index in [0.717, 1.165) is 12.8 Å². The Bertz CT molecular complexity index is 381. The van der Waals surface area contributed by atoms with Crippen molar-refractivity contribution in [3.05, 3.63) is 35.9 Å². The first-order valence-corrected chi connectivity index (χ1v) is 6.43. The average Bonchev–Trinajstić information content (AvgIpc) is 2.78. The third-order valence-electron chi connectivity index (χ3n) is 3.51. The summed E-state index contributed by atoms with van der Waals surface area (Å²) in [6.45, 7) is 0. The quantitative estimate of drug-likeness (QED) is 0.803. The van der Waals surface area contributed by atoms with Gasteiger partial charge < -0.3 is 5.32 Å². The zero-order valence-electron chi connectivity index (χ0n) is 10.7. The summed E-state index contributed by atoms with van der Waals surface area (Å²) in [4.78, 5) is 16.1. The third-order valence-corrected chi connectivity index (χ3v) is 3.51. The van der Waals surface area contributed by atoms with Gasteiger partial charge in [0.05, 0.1) is 7.11 Å². The second-order valence-corrected chi connectivity index (χ2v) is 4.77. The first-order valence-electron chi connectivity index (χ1n) is 6.43. The van der Waals surface area contributed by atoms with Crippen LogP contribution in [0.5, 0.6) is 0 Å². The number of carbonyl (C=O) groups excluding carboxylic acids is 1. The maximum Gasteiger partial charge on any atom is 0.338 e. The zero-order chi connectivity index (χ0) is 12.8. The van der Waals surface area contributed by atoms with E-state index in [9.17, 15) is 4.79 Å². The molecule has 2 atom stereocenters. The average molecular weight is 248 g/mol. The molecule has 0 aromatic heterocycles. The minimum Gasteiger partial charge on any atom is -0.333 e. The Morgan fingerprint density at radius 1 is 1.33 bits per heavy atom. The molecule has 2 N–H and O–H groups in total. The van der Waals surface area contributed by atoms with Crippen LogP contribution in [0.25, 0.3) is 0 Å². The second-order valence-electron chi connectivity index (χ2n) is 4.77. The molecular formula is C14H20N2O2. The molecule has 98 valence electrons. The summed E-state index contributed by atoms with van der Waals surface area (Å²) in [5, 5.41) is 2.98. The van der Waals surface area contributed by atoms with Crippen LogP contribution in [0.4, 0.5) is 4.79 Å². The van der Waals surface area contributed by atoms with Gasteiger partial charge in [-0.3, -0.25) is 4.84 Å². The van der Waals surface area contributed by atoms with E-state index in [2.05, 4.69) is 39.9 Å². The summed E-state index contributed by atoms with van der Waals surface area (Å²) < 4.78 is 0. The van der Waals surface area contributed by atoms with Gasteiger partial charge in [0, 0.05) is 6.04 Å². The Hall–Kier alpha value is -1.55. The second kappa shape index (κ2) is 6.40. The number of urea groups is 1. The van der Waals surface area contributed by atoms with Crippen molar-refractivity contribution in [2.75, 3.05) is 7.11 Å². The van der Waals surface area contributed by atoms with E-state index in [0.29, 0.717) is 5.92 Å². The molecule has 0 saturated heterocycles. The Kier molecular flexibility index (Phi) is 4.59. The summed E-state index contributed by atoms with van der Waals surface area (Å²) in [6.07, 6.45) is 4.43. The van der Waals surface area contributed by atoms with E-state index >= 15 is 0 Å². The van der Waals surface area contributed by atoms with Crippen LogP contribution in [0.15, 0.2) is 30.3 Å². The van der Waals surface area contributed by atoms with E-state index in [1.807, 2.05) is 6.07 Å². The van der Waals surface area contributed by atoms with Crippen LogP contribution < -0.4 is 10.8 Å². The van der Waals surface area contributed by atoms with Gasteiger partial charge in [-0.1, -0.05) is 36.8 Å². The van der Waals surface area contributed by atoms with Crippen LogP contribution >= 0.6 is 0 Å². The Labute approximate surface area is 108 Å². The highest BCUT2D eigenvalue weighted by atomic mass is 16.6. The summed E-state index contributed by atoms with van der Waals surface area (Å²) >= 11 is 0. The van der Waals surface area contributed by atoms with E-state index in [1.165, 1.54) is 25.5 Å². The Morgan fingerprint density at radius 2 is 2.11 bits per heavy atom. The minimum atomic E-state index is -0.248. The van der Waals surface area contributed by atoms with Gasteiger partial charge in [-0.15, -0.1) is 0 Å². The first-order chi connectivity index (χ1) is 8.79. The van der Waals surface area contributed by atoms with Crippen LogP contribution in [0, 0.1) is 5.92 Å². The number of benzene rings is 1. The lowest BCUT2D eigenvalue weighted by molar-refractivity contribution is 0.105. The fourth-order valence-electron chi connectivity index (χ4n) is 2.68. The van der Waals surface area contributed by atoms with Gasteiger partial charge in [0.1, 0.15) is 0 Å². The van der Waals surface area contributed by atoms with E-state index < -0.39 is 0 Å². The lowest BCUT2D eigenvalue weighted by atomic mass is 9.95. The predicted octanol–water partition coefficient (Wildman–Crippen LogP) is 2.26. The van der Waals surface area contributed by atoms with Crippen molar-refractivity contribution >= 4 is 6.03 Å². The van der Waals surface area contributed by atoms with E-state index in [1.54, 1.807) is 0 Å². The zero-order valence-corrected chi connectivity index (χ0v) is 10.7. The van der Waals surface area contributed by atoms with Crippen LogP contribution in [0.3, 0.4) is 0 Å². The molecular weight excluding hydrogens is 228 g/mol. The SMILES string of the molecule is CONC(=O)NC1CCCC1Cc1ccccc1. The van der Waals surface area contributed by atoms with Crippen molar-refractivity contribution in [1.82, 2.24) is 10.8 Å². The molecule has 0 heterocycles. The molecule has 2 unspecified atom stereocenters. The van der Waals surface area contributed by atoms with Crippen LogP contribution in [-0.2, 0) is 11.3 Å². The molecule has 4 nitrogen and oxygen atoms in total. The molecule has 0 radical (unpaired) electrons. The first kappa shape index (κ1) is 12.9. The molecule has 4 heteroatoms. The van der Waals surface area contributed by atoms with Crippen molar-refractivity contribution in [1.29, 1.82) is 0 Å². The Balaban J connectivity index is 1.89. The van der Waals surface area contributed by atoms with E-state index in [-0.39, 0.29) is 12.1 Å². The molecule has 18 heavy (non-hydrogen) atoms. The number of nitrogens with one attached hydrogen (secondary N) is 2. The normalized spacial score (nSPS) is 22.7. The van der Waals surface area contributed by atoms with Crippen molar-refractivity contribution < 1.29 is 9.63 Å². The van der Waals surface area contributed by atoms with Gasteiger partial charge in [-0.25, -0.2) is 10.3 Å². The fraction of sp³-hybridized carbons (Fsp3) is 0.500. The molecule has 1 saturated carbocycles. The molecule has 0 spiro atoms. The molecule has 1 aliphatic carbocycles. The summed E-state index contributed by atoms with van der Waals surface area (Å²) in [6, 6.07) is 10.4. The van der Waals surface area contributed by atoms with Crippen molar-refractivity contribution in [2.45, 2.75) is 31.7 Å². The van der Waals surface area contributed by atoms with Crippen molar-refractivity contribution in [2.24, 2.45) is 5.92 Å². The van der Waals surface area contributed by atoms with Crippen LogP contribution in [0.2, 0.25) is 0 Å². The van der Waals surface area contributed by atoms with Crippen molar-refractivity contribution in [3.63, 3.8) is 0 Å². The summed E-state index contributed by atoms with van der Waals surface area (Å²) in [7, 11) is 1.44. The molecule has 2 rings (SSSR count). The van der Waals surface area contributed by atoms with Gasteiger partial charge in [0.15, 0.2) is 0 Å². The Morgan fingerprint density at radius 3 is 2.83 bits per heavy atom. The summed E-state index contributed by atoms with van der Waals surface area (Å²) in [5.41, 5.74) is 3.64. The minimum absolute atomic E-state index is 0.248. The maximum atomic E-state index is 11.4. The number of hydroxylamine groups is 1. The predicted molar refractivity (Wildman–Crippen MR) is 70.0 cm³/mol. The molecule has 1 aromatic carbocycles. The number of rotatable bonds is 4. The summed E-state index contributed by atoms with van der Waals surface area (Å²) in [5.74, 6) is 0.523. The number of carbonyl (C=O) groups is 1. The lowest BCUT2D eigenvalue weighted by Crippen LogP contribution is -2.43. The maximum absolute atomic E-state index is 11.4. The highest BCUT2D eigenvalue weighted by Crippen LogP contribution is 2.28. The number of amides is 2. The molecule has 1 aliphatic rings. The smallest absolute Gasteiger partial charge is 0.333 e. The number of hydrogen-bond donors (Lipinski definition) is 2. The van der Waals surface area contributed by atoms with Crippen LogP contribution in [0.1, 0.15) is 24.8 Å². The highest BCUT2D eigenvalue weighted by molar-refractivity contribution is 5.73. The fourth-order valence-corrected chi connectivity index (χ4v) is 2.68. The van der Waals surface area contributed by atoms with Crippen molar-refractivity contribution in [3.8, 4) is 0 Å². The van der Waals surface area contributed by atoms with Crippen LogP contribution in [-0.4, -0.2) is 19.2 Å². The highest BCUT2D eigenvalue weighted by Gasteiger charge is 2.28. The largest absolute Gasteiger partial charge is 0.338 e. The molecule has 0 bridgehead atoms. The number of hydrogen-bond acceptors (Lipinski definition) is 2. The monoisotopic (exact) mass is 248 g/mol. The van der Waals surface area contributed by atoms with Gasteiger partial charge in [-0.05, 0) is 30.7 Å². The van der Waals surface area contributed by atoms with Gasteiger partial charge in [-0.2, -0.15) is 0 Å². The molecule has 0 aliphatic heterocycles.